The molecular formula is C16H17FN2O3S. The van der Waals surface area contributed by atoms with Gasteiger partial charge >= 0.3 is 5.97 Å². The van der Waals surface area contributed by atoms with Gasteiger partial charge in [-0.05, 0) is 31.2 Å². The molecule has 1 aromatic heterocycles. The van der Waals surface area contributed by atoms with Gasteiger partial charge in [-0.2, -0.15) is 0 Å². The van der Waals surface area contributed by atoms with E-state index in [0.29, 0.717) is 10.8 Å². The molecule has 122 valence electrons. The first-order valence-electron chi connectivity index (χ1n) is 7.15. The fraction of sp³-hybridized carbons (Fsp3) is 0.312. The first kappa shape index (κ1) is 17.2. The largest absolute Gasteiger partial charge is 0.462 e. The van der Waals surface area contributed by atoms with Crippen molar-refractivity contribution in [2.24, 2.45) is 0 Å². The number of ether oxygens (including phenoxy) is 1. The maximum absolute atomic E-state index is 13.1. The topological polar surface area (TPSA) is 61.2 Å². The molecule has 5 nitrogen and oxygen atoms in total. The van der Waals surface area contributed by atoms with Gasteiger partial charge in [-0.25, -0.2) is 14.2 Å². The summed E-state index contributed by atoms with van der Waals surface area (Å²) in [5, 5.41) is 0.617. The normalized spacial score (nSPS) is 10.8. The molecule has 1 aromatic carbocycles. The van der Waals surface area contributed by atoms with Gasteiger partial charge in [0, 0.05) is 5.25 Å². The average Bonchev–Trinajstić information content (AvgIpc) is 2.48. The number of benzene rings is 1. The molecule has 0 N–H and O–H groups in total. The molecule has 0 aliphatic carbocycles. The molecular weight excluding hydrogens is 319 g/mol. The summed E-state index contributed by atoms with van der Waals surface area (Å²) in [6.45, 7) is 5.75. The van der Waals surface area contributed by atoms with Crippen LogP contribution in [0.4, 0.5) is 4.39 Å². The predicted octanol–water partition coefficient (Wildman–Crippen LogP) is 3.05. The minimum atomic E-state index is -0.720. The SMILES string of the molecule is CCOC(=O)c1cnc(SC(C)C)n(-c2ccc(F)cc2)c1=O. The van der Waals surface area contributed by atoms with E-state index < -0.39 is 17.3 Å². The van der Waals surface area contributed by atoms with Gasteiger partial charge in [-0.1, -0.05) is 25.6 Å². The van der Waals surface area contributed by atoms with E-state index in [1.54, 1.807) is 6.92 Å². The number of aromatic nitrogens is 2. The Labute approximate surface area is 137 Å². The number of esters is 1. The molecule has 0 radical (unpaired) electrons. The molecule has 2 rings (SSSR count). The van der Waals surface area contributed by atoms with Crippen LogP contribution in [0, 0.1) is 5.82 Å². The van der Waals surface area contributed by atoms with Crippen LogP contribution in [0.15, 0.2) is 40.4 Å². The van der Waals surface area contributed by atoms with E-state index in [9.17, 15) is 14.0 Å². The highest BCUT2D eigenvalue weighted by molar-refractivity contribution is 7.99. The Balaban J connectivity index is 2.63. The number of carbonyl (C=O) groups excluding carboxylic acids is 1. The van der Waals surface area contributed by atoms with Gasteiger partial charge in [-0.15, -0.1) is 0 Å². The van der Waals surface area contributed by atoms with Gasteiger partial charge in [0.1, 0.15) is 11.4 Å². The first-order valence-corrected chi connectivity index (χ1v) is 8.03. The highest BCUT2D eigenvalue weighted by atomic mass is 32.2. The molecule has 23 heavy (non-hydrogen) atoms. The monoisotopic (exact) mass is 336 g/mol. The molecule has 0 saturated carbocycles. The maximum Gasteiger partial charge on any atom is 0.345 e. The second kappa shape index (κ2) is 7.41. The van der Waals surface area contributed by atoms with Crippen molar-refractivity contribution in [2.75, 3.05) is 6.61 Å². The van der Waals surface area contributed by atoms with Gasteiger partial charge in [0.05, 0.1) is 18.5 Å². The van der Waals surface area contributed by atoms with E-state index in [1.165, 1.54) is 46.8 Å². The van der Waals surface area contributed by atoms with E-state index in [4.69, 9.17) is 4.74 Å². The summed E-state index contributed by atoms with van der Waals surface area (Å²) in [4.78, 5) is 28.8. The van der Waals surface area contributed by atoms with Crippen LogP contribution in [0.5, 0.6) is 0 Å². The van der Waals surface area contributed by atoms with Gasteiger partial charge in [0.25, 0.3) is 5.56 Å². The lowest BCUT2D eigenvalue weighted by Crippen LogP contribution is -2.28. The molecule has 0 amide bonds. The van der Waals surface area contributed by atoms with Crippen LogP contribution < -0.4 is 5.56 Å². The van der Waals surface area contributed by atoms with Crippen LogP contribution in [0.3, 0.4) is 0 Å². The molecule has 0 saturated heterocycles. The van der Waals surface area contributed by atoms with Crippen molar-refractivity contribution in [2.45, 2.75) is 31.2 Å². The van der Waals surface area contributed by atoms with Gasteiger partial charge < -0.3 is 4.74 Å². The Morgan fingerprint density at radius 2 is 2.00 bits per heavy atom. The maximum atomic E-state index is 13.1. The Morgan fingerprint density at radius 1 is 1.35 bits per heavy atom. The molecule has 7 heteroatoms. The minimum absolute atomic E-state index is 0.149. The van der Waals surface area contributed by atoms with E-state index in [-0.39, 0.29) is 17.4 Å². The van der Waals surface area contributed by atoms with Crippen LogP contribution >= 0.6 is 11.8 Å². The van der Waals surface area contributed by atoms with Crippen molar-refractivity contribution >= 4 is 17.7 Å². The molecule has 0 aliphatic heterocycles. The van der Waals surface area contributed by atoms with Crippen molar-refractivity contribution in [3.63, 3.8) is 0 Å². The molecule has 0 bridgehead atoms. The fourth-order valence-corrected chi connectivity index (χ4v) is 2.73. The molecule has 0 unspecified atom stereocenters. The van der Waals surface area contributed by atoms with Gasteiger partial charge in [0.2, 0.25) is 0 Å². The number of thioether (sulfide) groups is 1. The van der Waals surface area contributed by atoms with Crippen LogP contribution in [-0.4, -0.2) is 27.4 Å². The zero-order valence-corrected chi connectivity index (χ0v) is 13.9. The van der Waals surface area contributed by atoms with Crippen LogP contribution in [0.2, 0.25) is 0 Å². The van der Waals surface area contributed by atoms with E-state index >= 15 is 0 Å². The van der Waals surface area contributed by atoms with Gasteiger partial charge in [0.15, 0.2) is 5.16 Å². The lowest BCUT2D eigenvalue weighted by Gasteiger charge is -2.14. The quantitative estimate of drug-likeness (QED) is 0.477. The molecule has 0 fully saturated rings. The predicted molar refractivity (Wildman–Crippen MR) is 86.7 cm³/mol. The molecule has 1 heterocycles. The van der Waals surface area contributed by atoms with E-state index in [2.05, 4.69) is 4.98 Å². The molecule has 2 aromatic rings. The van der Waals surface area contributed by atoms with Crippen LogP contribution in [0.1, 0.15) is 31.1 Å². The third kappa shape index (κ3) is 3.98. The summed E-state index contributed by atoms with van der Waals surface area (Å²) in [7, 11) is 0. The average molecular weight is 336 g/mol. The lowest BCUT2D eigenvalue weighted by molar-refractivity contribution is 0.0523. The Hall–Kier alpha value is -2.15. The lowest BCUT2D eigenvalue weighted by atomic mass is 10.3. The van der Waals surface area contributed by atoms with Crippen molar-refractivity contribution in [1.82, 2.24) is 9.55 Å². The van der Waals surface area contributed by atoms with Crippen molar-refractivity contribution in [1.29, 1.82) is 0 Å². The van der Waals surface area contributed by atoms with Crippen LogP contribution in [-0.2, 0) is 4.74 Å². The van der Waals surface area contributed by atoms with Crippen LogP contribution in [0.25, 0.3) is 5.69 Å². The highest BCUT2D eigenvalue weighted by Gasteiger charge is 2.19. The first-order chi connectivity index (χ1) is 10.9. The van der Waals surface area contributed by atoms with Gasteiger partial charge in [-0.3, -0.25) is 9.36 Å². The number of carbonyl (C=O) groups is 1. The number of nitrogens with zero attached hydrogens (tertiary/aromatic N) is 2. The third-order valence-electron chi connectivity index (χ3n) is 2.85. The second-order valence-corrected chi connectivity index (χ2v) is 6.50. The number of hydrogen-bond acceptors (Lipinski definition) is 5. The van der Waals surface area contributed by atoms with E-state index in [1.807, 2.05) is 13.8 Å². The smallest absolute Gasteiger partial charge is 0.345 e. The van der Waals surface area contributed by atoms with Crippen molar-refractivity contribution < 1.29 is 13.9 Å². The summed E-state index contributed by atoms with van der Waals surface area (Å²) in [5.41, 5.74) is -0.240. The number of hydrogen-bond donors (Lipinski definition) is 0. The number of rotatable bonds is 5. The Morgan fingerprint density at radius 3 is 2.57 bits per heavy atom. The Bertz CT molecular complexity index is 757. The summed E-state index contributed by atoms with van der Waals surface area (Å²) in [5.74, 6) is -1.13. The summed E-state index contributed by atoms with van der Waals surface area (Å²) < 4.78 is 19.3. The second-order valence-electron chi connectivity index (χ2n) is 4.96. The fourth-order valence-electron chi connectivity index (χ4n) is 1.90. The molecule has 0 spiro atoms. The molecule has 0 aliphatic rings. The summed E-state index contributed by atoms with van der Waals surface area (Å²) >= 11 is 1.38. The van der Waals surface area contributed by atoms with Crippen molar-refractivity contribution in [3.05, 3.63) is 52.2 Å². The summed E-state index contributed by atoms with van der Waals surface area (Å²) in [6.07, 6.45) is 1.23. The summed E-state index contributed by atoms with van der Waals surface area (Å²) in [6, 6.07) is 5.45. The third-order valence-corrected chi connectivity index (χ3v) is 3.82. The Kier molecular flexibility index (Phi) is 5.54. The highest BCUT2D eigenvalue weighted by Crippen LogP contribution is 2.22. The molecule has 0 atom stereocenters. The van der Waals surface area contributed by atoms with E-state index in [0.717, 1.165) is 0 Å². The minimum Gasteiger partial charge on any atom is -0.462 e. The standard InChI is InChI=1S/C16H17FN2O3S/c1-4-22-15(21)13-9-18-16(23-10(2)3)19(14(13)20)12-7-5-11(17)6-8-12/h5-10H,4H2,1-3H3. The van der Waals surface area contributed by atoms with Crippen molar-refractivity contribution in [3.8, 4) is 5.69 Å². The zero-order chi connectivity index (χ0) is 17.0. The zero-order valence-electron chi connectivity index (χ0n) is 13.1. The number of halogens is 1.